The Hall–Kier alpha value is -3.75. The molecule has 0 radical (unpaired) electrons. The van der Waals surface area contributed by atoms with Crippen LogP contribution in [0, 0.1) is 0 Å². The van der Waals surface area contributed by atoms with Crippen molar-refractivity contribution in [3.63, 3.8) is 0 Å². The Morgan fingerprint density at radius 1 is 1.07 bits per heavy atom. The lowest BCUT2D eigenvalue weighted by atomic mass is 10.1. The molecule has 4 rings (SSSR count). The molecular weight excluding hydrogens is 346 g/mol. The van der Waals surface area contributed by atoms with E-state index in [1.807, 2.05) is 30.3 Å². The van der Waals surface area contributed by atoms with Crippen molar-refractivity contribution in [2.75, 3.05) is 5.43 Å². The van der Waals surface area contributed by atoms with Gasteiger partial charge in [0.15, 0.2) is 11.2 Å². The highest BCUT2D eigenvalue weighted by Gasteiger charge is 2.16. The second-order valence-electron chi connectivity index (χ2n) is 6.20. The molecule has 9 heteroatoms. The number of aromatic nitrogens is 5. The van der Waals surface area contributed by atoms with Crippen molar-refractivity contribution >= 4 is 34.2 Å². The third-order valence-corrected chi connectivity index (χ3v) is 4.48. The SMILES string of the molecule is Cn1c(=O)c2c(nc(NN=Cc3ccc4ncccc4c3)n2C)n(C)c1=O. The molecule has 136 valence electrons. The molecule has 0 saturated carbocycles. The molecule has 0 aliphatic carbocycles. The van der Waals surface area contributed by atoms with Gasteiger partial charge in [-0.15, -0.1) is 0 Å². The van der Waals surface area contributed by atoms with Crippen molar-refractivity contribution in [2.45, 2.75) is 0 Å². The van der Waals surface area contributed by atoms with Crippen molar-refractivity contribution in [1.29, 1.82) is 0 Å². The number of aryl methyl sites for hydroxylation is 2. The molecule has 3 heterocycles. The second kappa shape index (κ2) is 6.20. The van der Waals surface area contributed by atoms with Gasteiger partial charge in [0.05, 0.1) is 11.7 Å². The summed E-state index contributed by atoms with van der Waals surface area (Å²) >= 11 is 0. The van der Waals surface area contributed by atoms with Crippen LogP contribution in [0.4, 0.5) is 5.95 Å². The fourth-order valence-corrected chi connectivity index (χ4v) is 2.96. The third-order valence-electron chi connectivity index (χ3n) is 4.48. The lowest BCUT2D eigenvalue weighted by Crippen LogP contribution is -2.37. The van der Waals surface area contributed by atoms with Gasteiger partial charge in [-0.25, -0.2) is 10.2 Å². The zero-order valence-electron chi connectivity index (χ0n) is 15.0. The maximum atomic E-state index is 12.4. The van der Waals surface area contributed by atoms with E-state index >= 15 is 0 Å². The number of hydrogen-bond donors (Lipinski definition) is 1. The summed E-state index contributed by atoms with van der Waals surface area (Å²) in [5, 5.41) is 5.22. The molecule has 9 nitrogen and oxygen atoms in total. The van der Waals surface area contributed by atoms with Crippen LogP contribution in [-0.2, 0) is 21.1 Å². The molecule has 0 aliphatic rings. The van der Waals surface area contributed by atoms with Gasteiger partial charge in [0.25, 0.3) is 5.56 Å². The topological polar surface area (TPSA) is 99.1 Å². The number of rotatable bonds is 3. The van der Waals surface area contributed by atoms with Crippen molar-refractivity contribution in [3.8, 4) is 0 Å². The highest BCUT2D eigenvalue weighted by molar-refractivity contribution is 5.88. The Kier molecular flexibility index (Phi) is 3.84. The number of pyridine rings is 1. The van der Waals surface area contributed by atoms with Gasteiger partial charge >= 0.3 is 5.69 Å². The molecule has 0 fully saturated rings. The first-order valence-corrected chi connectivity index (χ1v) is 8.23. The number of fused-ring (bicyclic) bond motifs is 2. The van der Waals surface area contributed by atoms with Crippen LogP contribution in [0.1, 0.15) is 5.56 Å². The van der Waals surface area contributed by atoms with Crippen LogP contribution in [0.15, 0.2) is 51.2 Å². The first-order valence-electron chi connectivity index (χ1n) is 8.23. The van der Waals surface area contributed by atoms with Gasteiger partial charge in [0, 0.05) is 32.7 Å². The van der Waals surface area contributed by atoms with Crippen LogP contribution in [0.25, 0.3) is 22.1 Å². The van der Waals surface area contributed by atoms with E-state index in [4.69, 9.17) is 0 Å². The third kappa shape index (κ3) is 2.69. The van der Waals surface area contributed by atoms with E-state index in [0.717, 1.165) is 21.0 Å². The molecule has 0 unspecified atom stereocenters. The largest absolute Gasteiger partial charge is 0.332 e. The van der Waals surface area contributed by atoms with Gasteiger partial charge in [-0.05, 0) is 23.8 Å². The molecule has 1 aromatic carbocycles. The maximum Gasteiger partial charge on any atom is 0.332 e. The summed E-state index contributed by atoms with van der Waals surface area (Å²) < 4.78 is 3.97. The van der Waals surface area contributed by atoms with Gasteiger partial charge in [0.2, 0.25) is 5.95 Å². The van der Waals surface area contributed by atoms with E-state index < -0.39 is 11.2 Å². The Morgan fingerprint density at radius 3 is 2.70 bits per heavy atom. The second-order valence-corrected chi connectivity index (χ2v) is 6.20. The summed E-state index contributed by atoms with van der Waals surface area (Å²) in [5.74, 6) is 0.363. The molecular formula is C18H17N7O2. The maximum absolute atomic E-state index is 12.4. The van der Waals surface area contributed by atoms with Gasteiger partial charge in [-0.3, -0.25) is 18.9 Å². The Bertz CT molecular complexity index is 1330. The normalized spacial score (nSPS) is 11.7. The minimum Gasteiger partial charge on any atom is -0.306 e. The van der Waals surface area contributed by atoms with Crippen LogP contribution in [0.2, 0.25) is 0 Å². The standard InChI is InChI=1S/C18H17N7O2/c1-23-14-15(24(2)18(27)25(3)16(14)26)21-17(23)22-20-10-11-6-7-13-12(9-11)5-4-8-19-13/h4-10H,1-3H3,(H,21,22). The predicted molar refractivity (Wildman–Crippen MR) is 104 cm³/mol. The molecule has 0 amide bonds. The van der Waals surface area contributed by atoms with E-state index in [2.05, 4.69) is 20.5 Å². The average molecular weight is 363 g/mol. The fraction of sp³-hybridized carbons (Fsp3) is 0.167. The number of nitrogens with one attached hydrogen (secondary N) is 1. The van der Waals surface area contributed by atoms with E-state index in [-0.39, 0.29) is 0 Å². The van der Waals surface area contributed by atoms with Crippen LogP contribution >= 0.6 is 0 Å². The summed E-state index contributed by atoms with van der Waals surface area (Å²) in [7, 11) is 4.71. The highest BCUT2D eigenvalue weighted by Crippen LogP contribution is 2.14. The highest BCUT2D eigenvalue weighted by atomic mass is 16.2. The Morgan fingerprint density at radius 2 is 1.89 bits per heavy atom. The van der Waals surface area contributed by atoms with Crippen LogP contribution in [-0.4, -0.2) is 29.9 Å². The zero-order chi connectivity index (χ0) is 19.1. The van der Waals surface area contributed by atoms with Gasteiger partial charge in [0.1, 0.15) is 0 Å². The average Bonchev–Trinajstić information content (AvgIpc) is 3.01. The summed E-state index contributed by atoms with van der Waals surface area (Å²) in [6.45, 7) is 0. The Balaban J connectivity index is 1.69. The van der Waals surface area contributed by atoms with E-state index in [1.165, 1.54) is 11.6 Å². The molecule has 1 N–H and O–H groups in total. The molecule has 0 spiro atoms. The minimum absolute atomic E-state index is 0.306. The number of benzene rings is 1. The molecule has 0 bridgehead atoms. The van der Waals surface area contributed by atoms with E-state index in [9.17, 15) is 9.59 Å². The summed E-state index contributed by atoms with van der Waals surface area (Å²) in [6.07, 6.45) is 3.41. The number of imidazole rings is 1. The number of anilines is 1. The van der Waals surface area contributed by atoms with Gasteiger partial charge in [-0.1, -0.05) is 12.1 Å². The van der Waals surface area contributed by atoms with Crippen LogP contribution in [0.3, 0.4) is 0 Å². The molecule has 0 aliphatic heterocycles. The number of hydrazone groups is 1. The summed E-state index contributed by atoms with van der Waals surface area (Å²) in [6, 6.07) is 9.67. The number of nitrogens with zero attached hydrogens (tertiary/aromatic N) is 6. The predicted octanol–water partition coefficient (Wildman–Crippen LogP) is 0.965. The molecule has 0 saturated heterocycles. The molecule has 27 heavy (non-hydrogen) atoms. The van der Waals surface area contributed by atoms with Crippen molar-refractivity contribution < 1.29 is 0 Å². The summed E-state index contributed by atoms with van der Waals surface area (Å²) in [4.78, 5) is 33.0. The lowest BCUT2D eigenvalue weighted by molar-refractivity contribution is 0.705. The fourth-order valence-electron chi connectivity index (χ4n) is 2.96. The van der Waals surface area contributed by atoms with Crippen molar-refractivity contribution in [3.05, 3.63) is 62.9 Å². The van der Waals surface area contributed by atoms with E-state index in [1.54, 1.807) is 31.1 Å². The molecule has 4 aromatic rings. The van der Waals surface area contributed by atoms with Gasteiger partial charge < -0.3 is 4.57 Å². The summed E-state index contributed by atoms with van der Waals surface area (Å²) in [5.41, 5.74) is 4.45. The van der Waals surface area contributed by atoms with Crippen LogP contribution < -0.4 is 16.7 Å². The smallest absolute Gasteiger partial charge is 0.306 e. The zero-order valence-corrected chi connectivity index (χ0v) is 15.0. The lowest BCUT2D eigenvalue weighted by Gasteiger charge is -2.03. The van der Waals surface area contributed by atoms with E-state index in [0.29, 0.717) is 17.1 Å². The monoisotopic (exact) mass is 363 g/mol. The first kappa shape index (κ1) is 16.7. The first-order chi connectivity index (χ1) is 13.0. The van der Waals surface area contributed by atoms with Gasteiger partial charge in [-0.2, -0.15) is 10.1 Å². The van der Waals surface area contributed by atoms with Crippen LogP contribution in [0.5, 0.6) is 0 Å². The minimum atomic E-state index is -0.426. The quantitative estimate of drug-likeness (QED) is 0.432. The molecule has 0 atom stereocenters. The molecule has 3 aromatic heterocycles. The van der Waals surface area contributed by atoms with Crippen molar-refractivity contribution in [2.24, 2.45) is 26.2 Å². The number of hydrogen-bond acceptors (Lipinski definition) is 6. The van der Waals surface area contributed by atoms with Crippen molar-refractivity contribution in [1.82, 2.24) is 23.7 Å². The Labute approximate surface area is 153 Å².